The molecule has 3 rings (SSSR count). The maximum Gasteiger partial charge on any atom is 0.251 e. The van der Waals surface area contributed by atoms with E-state index in [1.807, 2.05) is 18.2 Å². The van der Waals surface area contributed by atoms with Gasteiger partial charge in [0.25, 0.3) is 5.91 Å². The van der Waals surface area contributed by atoms with Crippen molar-refractivity contribution in [1.82, 2.24) is 14.9 Å². The fourth-order valence-electron chi connectivity index (χ4n) is 3.68. The number of hydrogen-bond donors (Lipinski definition) is 2. The van der Waals surface area contributed by atoms with Crippen LogP contribution in [0.1, 0.15) is 41.6 Å². The van der Waals surface area contributed by atoms with Crippen LogP contribution >= 0.6 is 0 Å². The van der Waals surface area contributed by atoms with Gasteiger partial charge in [0.1, 0.15) is 0 Å². The summed E-state index contributed by atoms with van der Waals surface area (Å²) in [6.45, 7) is 2.68. The van der Waals surface area contributed by atoms with Crippen molar-refractivity contribution < 1.29 is 22.7 Å². The molecular weight excluding hydrogens is 454 g/mol. The monoisotopic (exact) mass is 487 g/mol. The summed E-state index contributed by atoms with van der Waals surface area (Å²) in [7, 11) is -3.49. The zero-order chi connectivity index (χ0) is 24.2. The first-order valence-electron chi connectivity index (χ1n) is 11.7. The van der Waals surface area contributed by atoms with Crippen molar-refractivity contribution in [2.45, 2.75) is 37.0 Å². The average molecular weight is 488 g/mol. The van der Waals surface area contributed by atoms with Gasteiger partial charge < -0.3 is 15.4 Å². The summed E-state index contributed by atoms with van der Waals surface area (Å²) < 4.78 is 32.0. The second-order valence-corrected chi connectivity index (χ2v) is 10.1. The number of ether oxygens (including phenoxy) is 1. The number of amides is 2. The number of carbonyl (C=O) groups is 2. The van der Waals surface area contributed by atoms with Crippen LogP contribution in [0.5, 0.6) is 0 Å². The van der Waals surface area contributed by atoms with Crippen LogP contribution in [0.25, 0.3) is 0 Å². The molecule has 0 atom stereocenters. The number of carbonyl (C=O) groups excluding carboxylic acids is 2. The molecule has 0 bridgehead atoms. The standard InChI is InChI=1S/C25H33N3O5S/c29-24(9-5-2-6-15-27-25(30)22-7-3-1-4-8-22)26-16-14-21-10-12-23(13-11-21)34(31,32)28-17-19-33-20-18-28/h1,3-4,7-8,10-13H,2,5-6,9,14-20H2,(H,26,29)(H,27,30). The van der Waals surface area contributed by atoms with Crippen LogP contribution in [0.2, 0.25) is 0 Å². The third kappa shape index (κ3) is 7.93. The van der Waals surface area contributed by atoms with Crippen molar-refractivity contribution in [3.63, 3.8) is 0 Å². The summed E-state index contributed by atoms with van der Waals surface area (Å²) in [6, 6.07) is 15.9. The fraction of sp³-hybridized carbons (Fsp3) is 0.440. The van der Waals surface area contributed by atoms with Crippen LogP contribution in [0.3, 0.4) is 0 Å². The van der Waals surface area contributed by atoms with E-state index in [0.717, 1.165) is 24.8 Å². The van der Waals surface area contributed by atoms with E-state index >= 15 is 0 Å². The molecule has 2 aromatic carbocycles. The minimum atomic E-state index is -3.49. The molecule has 0 saturated carbocycles. The molecule has 184 valence electrons. The zero-order valence-corrected chi connectivity index (χ0v) is 20.2. The molecule has 1 heterocycles. The number of benzene rings is 2. The maximum absolute atomic E-state index is 12.7. The van der Waals surface area contributed by atoms with Gasteiger partial charge >= 0.3 is 0 Å². The van der Waals surface area contributed by atoms with Crippen LogP contribution in [-0.2, 0) is 26.0 Å². The Bertz CT molecular complexity index is 1020. The summed E-state index contributed by atoms with van der Waals surface area (Å²) in [6.07, 6.45) is 3.53. The minimum Gasteiger partial charge on any atom is -0.379 e. The molecule has 0 aromatic heterocycles. The van der Waals surface area contributed by atoms with Crippen LogP contribution in [0, 0.1) is 0 Å². The lowest BCUT2D eigenvalue weighted by molar-refractivity contribution is -0.121. The Hall–Kier alpha value is -2.75. The third-order valence-electron chi connectivity index (χ3n) is 5.67. The van der Waals surface area contributed by atoms with E-state index in [2.05, 4.69) is 10.6 Å². The van der Waals surface area contributed by atoms with E-state index in [9.17, 15) is 18.0 Å². The number of nitrogens with one attached hydrogen (secondary N) is 2. The van der Waals surface area contributed by atoms with E-state index < -0.39 is 10.0 Å². The van der Waals surface area contributed by atoms with Gasteiger partial charge in [-0.15, -0.1) is 0 Å². The smallest absolute Gasteiger partial charge is 0.251 e. The molecule has 1 aliphatic rings. The lowest BCUT2D eigenvalue weighted by Gasteiger charge is -2.26. The van der Waals surface area contributed by atoms with E-state index in [-0.39, 0.29) is 16.7 Å². The van der Waals surface area contributed by atoms with Gasteiger partial charge in [0.15, 0.2) is 0 Å². The van der Waals surface area contributed by atoms with E-state index in [1.165, 1.54) is 4.31 Å². The highest BCUT2D eigenvalue weighted by Gasteiger charge is 2.26. The van der Waals surface area contributed by atoms with E-state index in [1.54, 1.807) is 36.4 Å². The number of rotatable bonds is 12. The molecule has 8 nitrogen and oxygen atoms in total. The highest BCUT2D eigenvalue weighted by molar-refractivity contribution is 7.89. The van der Waals surface area contributed by atoms with E-state index in [0.29, 0.717) is 57.8 Å². The first-order chi connectivity index (χ1) is 16.5. The summed E-state index contributed by atoms with van der Waals surface area (Å²) >= 11 is 0. The van der Waals surface area contributed by atoms with Crippen molar-refractivity contribution in [2.75, 3.05) is 39.4 Å². The Morgan fingerprint density at radius 1 is 0.853 bits per heavy atom. The SMILES string of the molecule is O=C(CCCCCNC(=O)c1ccccc1)NCCc1ccc(S(=O)(=O)N2CCOCC2)cc1. The normalized spacial score (nSPS) is 14.5. The van der Waals surface area contributed by atoms with Crippen LogP contribution in [0.4, 0.5) is 0 Å². The van der Waals surface area contributed by atoms with Crippen LogP contribution < -0.4 is 10.6 Å². The summed E-state index contributed by atoms with van der Waals surface area (Å²) in [5.41, 5.74) is 1.62. The topological polar surface area (TPSA) is 105 Å². The Labute approximate surface area is 201 Å². The predicted octanol–water partition coefficient (Wildman–Crippen LogP) is 2.36. The van der Waals surface area contributed by atoms with Crippen molar-refractivity contribution >= 4 is 21.8 Å². The average Bonchev–Trinajstić information content (AvgIpc) is 2.87. The van der Waals surface area contributed by atoms with Crippen molar-refractivity contribution in [2.24, 2.45) is 0 Å². The molecule has 0 aliphatic carbocycles. The molecule has 1 saturated heterocycles. The van der Waals surface area contributed by atoms with Gasteiger partial charge in [0, 0.05) is 38.2 Å². The minimum absolute atomic E-state index is 0.000151. The highest BCUT2D eigenvalue weighted by atomic mass is 32.2. The third-order valence-corrected chi connectivity index (χ3v) is 7.58. The summed E-state index contributed by atoms with van der Waals surface area (Å²) in [5.74, 6) is -0.0788. The highest BCUT2D eigenvalue weighted by Crippen LogP contribution is 2.17. The molecule has 2 N–H and O–H groups in total. The van der Waals surface area contributed by atoms with Gasteiger partial charge in [-0.2, -0.15) is 4.31 Å². The van der Waals surface area contributed by atoms with Gasteiger partial charge in [0.05, 0.1) is 18.1 Å². The van der Waals surface area contributed by atoms with E-state index in [4.69, 9.17) is 4.74 Å². The van der Waals surface area contributed by atoms with Crippen molar-refractivity contribution in [1.29, 1.82) is 0 Å². The molecule has 0 spiro atoms. The number of sulfonamides is 1. The molecule has 2 amide bonds. The quantitative estimate of drug-likeness (QED) is 0.447. The summed E-state index contributed by atoms with van der Waals surface area (Å²) in [5, 5.41) is 5.80. The molecule has 34 heavy (non-hydrogen) atoms. The first-order valence-corrected chi connectivity index (χ1v) is 13.2. The van der Waals surface area contributed by atoms with Crippen LogP contribution in [0.15, 0.2) is 59.5 Å². The van der Waals surface area contributed by atoms with Crippen molar-refractivity contribution in [3.8, 4) is 0 Å². The zero-order valence-electron chi connectivity index (χ0n) is 19.4. The number of nitrogens with zero attached hydrogens (tertiary/aromatic N) is 1. The Balaban J connectivity index is 1.27. The molecule has 1 aliphatic heterocycles. The second-order valence-electron chi connectivity index (χ2n) is 8.19. The molecule has 0 radical (unpaired) electrons. The van der Waals surface area contributed by atoms with Crippen molar-refractivity contribution in [3.05, 3.63) is 65.7 Å². The predicted molar refractivity (Wildman–Crippen MR) is 130 cm³/mol. The van der Waals surface area contributed by atoms with Gasteiger partial charge in [-0.1, -0.05) is 36.8 Å². The molecule has 1 fully saturated rings. The van der Waals surface area contributed by atoms with Gasteiger partial charge in [-0.05, 0) is 49.1 Å². The van der Waals surface area contributed by atoms with Gasteiger partial charge in [-0.25, -0.2) is 8.42 Å². The maximum atomic E-state index is 12.7. The molecule has 0 unspecified atom stereocenters. The second kappa shape index (κ2) is 13.2. The number of morpholine rings is 1. The number of hydrogen-bond acceptors (Lipinski definition) is 5. The van der Waals surface area contributed by atoms with Gasteiger partial charge in [-0.3, -0.25) is 9.59 Å². The summed E-state index contributed by atoms with van der Waals surface area (Å²) in [4.78, 5) is 24.3. The Morgan fingerprint density at radius 2 is 1.56 bits per heavy atom. The molecule has 2 aromatic rings. The first kappa shape index (κ1) is 25.9. The van der Waals surface area contributed by atoms with Gasteiger partial charge in [0.2, 0.25) is 15.9 Å². The van der Waals surface area contributed by atoms with Crippen LogP contribution in [-0.4, -0.2) is 63.9 Å². The fourth-order valence-corrected chi connectivity index (χ4v) is 5.09. The Kier molecular flexibility index (Phi) is 10.1. The largest absolute Gasteiger partial charge is 0.379 e. The lowest BCUT2D eigenvalue weighted by atomic mass is 10.1. The number of unbranched alkanes of at least 4 members (excludes halogenated alkanes) is 2. The molecular formula is C25H33N3O5S. The lowest BCUT2D eigenvalue weighted by Crippen LogP contribution is -2.40. The molecule has 9 heteroatoms. The Morgan fingerprint density at radius 3 is 2.26 bits per heavy atom.